The summed E-state index contributed by atoms with van der Waals surface area (Å²) in [6.45, 7) is 0. The molecule has 0 N–H and O–H groups in total. The summed E-state index contributed by atoms with van der Waals surface area (Å²) in [5.74, 6) is -0.265. The molecular formula is C19H11Br2ClN2O3S. The first-order chi connectivity index (χ1) is 13.3. The van der Waals surface area contributed by atoms with E-state index in [1.54, 1.807) is 42.5 Å². The molecule has 2 aromatic carbocycles. The smallest absolute Gasteiger partial charge is 0.284 e. The first-order valence-electron chi connectivity index (χ1n) is 7.80. The van der Waals surface area contributed by atoms with E-state index in [0.717, 1.165) is 0 Å². The molecule has 0 radical (unpaired) electrons. The van der Waals surface area contributed by atoms with Crippen molar-refractivity contribution < 1.29 is 13.2 Å². The third-order valence-electron chi connectivity index (χ3n) is 3.57. The van der Waals surface area contributed by atoms with Crippen LogP contribution in [0.25, 0.3) is 0 Å². The Morgan fingerprint density at radius 3 is 2.04 bits per heavy atom. The highest BCUT2D eigenvalue weighted by Crippen LogP contribution is 2.23. The summed E-state index contributed by atoms with van der Waals surface area (Å²) in [5.41, 5.74) is 0.817. The quantitative estimate of drug-likeness (QED) is 0.309. The topological polar surface area (TPSA) is 75.9 Å². The fourth-order valence-corrected chi connectivity index (χ4v) is 4.50. The lowest BCUT2D eigenvalue weighted by molar-refractivity contribution is -0.110. The summed E-state index contributed by atoms with van der Waals surface area (Å²) in [6, 6.07) is 14.3. The summed E-state index contributed by atoms with van der Waals surface area (Å²) < 4.78 is 30.0. The van der Waals surface area contributed by atoms with E-state index in [4.69, 9.17) is 11.6 Å². The molecule has 142 valence electrons. The maximum absolute atomic E-state index is 12.7. The van der Waals surface area contributed by atoms with Gasteiger partial charge in [-0.3, -0.25) is 4.79 Å². The Kier molecular flexibility index (Phi) is 6.44. The molecule has 3 rings (SSSR count). The molecule has 2 aromatic rings. The SMILES string of the molecule is O=C1C(Br)=CC(=N/C(=N/S(=O)(=O)c2ccccc2)c2ccc(Cl)cc2)C=C1Br. The Morgan fingerprint density at radius 2 is 1.46 bits per heavy atom. The highest BCUT2D eigenvalue weighted by Gasteiger charge is 2.19. The van der Waals surface area contributed by atoms with E-state index in [0.29, 0.717) is 25.3 Å². The number of carbonyl (C=O) groups excluding carboxylic acids is 1. The van der Waals surface area contributed by atoms with Crippen molar-refractivity contribution in [1.29, 1.82) is 0 Å². The zero-order valence-electron chi connectivity index (χ0n) is 14.0. The molecule has 0 bridgehead atoms. The number of amidine groups is 1. The van der Waals surface area contributed by atoms with E-state index < -0.39 is 10.0 Å². The molecule has 0 aromatic heterocycles. The molecule has 0 aliphatic heterocycles. The van der Waals surface area contributed by atoms with Crippen molar-refractivity contribution in [3.05, 3.63) is 86.3 Å². The number of carbonyl (C=O) groups is 1. The van der Waals surface area contributed by atoms with Crippen LogP contribution in [-0.4, -0.2) is 25.7 Å². The van der Waals surface area contributed by atoms with E-state index in [-0.39, 0.29) is 16.5 Å². The maximum atomic E-state index is 12.7. The lowest BCUT2D eigenvalue weighted by Gasteiger charge is -2.08. The van der Waals surface area contributed by atoms with Crippen molar-refractivity contribution in [2.24, 2.45) is 9.39 Å². The zero-order valence-corrected chi connectivity index (χ0v) is 18.8. The molecule has 0 heterocycles. The van der Waals surface area contributed by atoms with Gasteiger partial charge in [-0.1, -0.05) is 29.8 Å². The molecule has 0 fully saturated rings. The number of rotatable bonds is 3. The van der Waals surface area contributed by atoms with Gasteiger partial charge in [-0.05, 0) is 80.4 Å². The van der Waals surface area contributed by atoms with Gasteiger partial charge in [-0.2, -0.15) is 8.42 Å². The second kappa shape index (κ2) is 8.65. The number of benzene rings is 2. The summed E-state index contributed by atoms with van der Waals surface area (Å²) in [5, 5.41) is 0.496. The minimum absolute atomic E-state index is 0.0297. The van der Waals surface area contributed by atoms with Gasteiger partial charge >= 0.3 is 0 Å². The Bertz CT molecular complexity index is 1130. The van der Waals surface area contributed by atoms with Crippen LogP contribution < -0.4 is 0 Å². The predicted molar refractivity (Wildman–Crippen MR) is 118 cm³/mol. The summed E-state index contributed by atoms with van der Waals surface area (Å²) >= 11 is 12.3. The predicted octanol–water partition coefficient (Wildman–Crippen LogP) is 5.06. The van der Waals surface area contributed by atoms with Crippen LogP contribution in [0.4, 0.5) is 0 Å². The molecule has 0 spiro atoms. The molecule has 0 saturated carbocycles. The van der Waals surface area contributed by atoms with E-state index in [1.807, 2.05) is 0 Å². The fraction of sp³-hybridized carbons (Fsp3) is 0. The van der Waals surface area contributed by atoms with Gasteiger partial charge in [0, 0.05) is 10.6 Å². The van der Waals surface area contributed by atoms with Crippen LogP contribution in [-0.2, 0) is 14.8 Å². The van der Waals surface area contributed by atoms with Gasteiger partial charge in [-0.25, -0.2) is 4.99 Å². The molecule has 1 aliphatic carbocycles. The number of aliphatic imine (C=N–C) groups is 1. The van der Waals surface area contributed by atoms with Gasteiger partial charge in [0.15, 0.2) is 5.84 Å². The number of hydrogen-bond acceptors (Lipinski definition) is 3. The lowest BCUT2D eigenvalue weighted by atomic mass is 10.1. The fourth-order valence-electron chi connectivity index (χ4n) is 2.23. The standard InChI is InChI=1S/C19H11Br2ClN2O3S/c20-16-10-14(11-17(21)18(16)25)23-19(12-6-8-13(22)9-7-12)24-28(26,27)15-4-2-1-3-5-15/h1-11H/b24-19+. The molecule has 1 aliphatic rings. The Hall–Kier alpha value is -1.87. The van der Waals surface area contributed by atoms with Gasteiger partial charge in [0.1, 0.15) is 0 Å². The maximum Gasteiger partial charge on any atom is 0.284 e. The van der Waals surface area contributed by atoms with Crippen molar-refractivity contribution >= 4 is 70.8 Å². The zero-order chi connectivity index (χ0) is 20.3. The van der Waals surface area contributed by atoms with Gasteiger partial charge < -0.3 is 0 Å². The van der Waals surface area contributed by atoms with Crippen molar-refractivity contribution in [1.82, 2.24) is 0 Å². The van der Waals surface area contributed by atoms with E-state index in [1.165, 1.54) is 24.3 Å². The second-order valence-corrected chi connectivity index (χ2v) is 9.31. The summed E-state index contributed by atoms with van der Waals surface area (Å²) in [4.78, 5) is 16.3. The average molecular weight is 543 g/mol. The number of sulfonamides is 1. The highest BCUT2D eigenvalue weighted by atomic mass is 79.9. The molecule has 28 heavy (non-hydrogen) atoms. The van der Waals surface area contributed by atoms with E-state index in [2.05, 4.69) is 41.3 Å². The van der Waals surface area contributed by atoms with Crippen molar-refractivity contribution in [3.63, 3.8) is 0 Å². The van der Waals surface area contributed by atoms with Crippen LogP contribution in [0, 0.1) is 0 Å². The monoisotopic (exact) mass is 540 g/mol. The number of ketones is 1. The number of halogens is 3. The third kappa shape index (κ3) is 4.94. The first-order valence-corrected chi connectivity index (χ1v) is 11.2. The van der Waals surface area contributed by atoms with Crippen LogP contribution >= 0.6 is 43.5 Å². The molecule has 9 heteroatoms. The van der Waals surface area contributed by atoms with Crippen LogP contribution in [0.5, 0.6) is 0 Å². The van der Waals surface area contributed by atoms with Crippen LogP contribution in [0.15, 0.2) is 90.0 Å². The van der Waals surface area contributed by atoms with Crippen LogP contribution in [0.3, 0.4) is 0 Å². The van der Waals surface area contributed by atoms with Crippen LogP contribution in [0.2, 0.25) is 5.02 Å². The Balaban J connectivity index is 2.15. The first kappa shape index (κ1) is 20.9. The number of allylic oxidation sites excluding steroid dienone is 4. The van der Waals surface area contributed by atoms with Gasteiger partial charge in [0.25, 0.3) is 10.0 Å². The minimum atomic E-state index is -3.99. The number of Topliss-reactive ketones (excluding diaryl/α,β-unsaturated/α-hetero) is 1. The van der Waals surface area contributed by atoms with Gasteiger partial charge in [0.05, 0.1) is 19.6 Å². The summed E-state index contributed by atoms with van der Waals surface area (Å²) in [7, 11) is -3.99. The van der Waals surface area contributed by atoms with Gasteiger partial charge in [0.2, 0.25) is 5.78 Å². The van der Waals surface area contributed by atoms with E-state index in [9.17, 15) is 13.2 Å². The summed E-state index contributed by atoms with van der Waals surface area (Å²) in [6.07, 6.45) is 2.99. The van der Waals surface area contributed by atoms with Crippen molar-refractivity contribution in [3.8, 4) is 0 Å². The van der Waals surface area contributed by atoms with E-state index >= 15 is 0 Å². The largest absolute Gasteiger partial charge is 0.287 e. The molecule has 0 amide bonds. The lowest BCUT2D eigenvalue weighted by Crippen LogP contribution is -2.11. The average Bonchev–Trinajstić information content (AvgIpc) is 2.67. The number of nitrogens with zero attached hydrogens (tertiary/aromatic N) is 2. The molecule has 5 nitrogen and oxygen atoms in total. The molecular weight excluding hydrogens is 532 g/mol. The Labute approximate surface area is 183 Å². The molecule has 0 unspecified atom stereocenters. The molecule has 0 atom stereocenters. The van der Waals surface area contributed by atoms with Crippen LogP contribution in [0.1, 0.15) is 5.56 Å². The second-order valence-electron chi connectivity index (χ2n) is 5.56. The number of hydrogen-bond donors (Lipinski definition) is 0. The molecule has 0 saturated heterocycles. The van der Waals surface area contributed by atoms with Crippen molar-refractivity contribution in [2.45, 2.75) is 4.90 Å². The highest BCUT2D eigenvalue weighted by molar-refractivity contribution is 9.13. The third-order valence-corrected chi connectivity index (χ3v) is 6.28. The Morgan fingerprint density at radius 1 is 0.893 bits per heavy atom. The van der Waals surface area contributed by atoms with Gasteiger partial charge in [-0.15, -0.1) is 4.40 Å². The van der Waals surface area contributed by atoms with Crippen molar-refractivity contribution in [2.75, 3.05) is 0 Å². The normalized spacial score (nSPS) is 15.2. The minimum Gasteiger partial charge on any atom is -0.287 e.